The maximum atomic E-state index is 12.3. The Kier molecular flexibility index (Phi) is 24.9. The number of thiazole rings is 1. The lowest BCUT2D eigenvalue weighted by Crippen LogP contribution is -3.00. The monoisotopic (exact) mass is 1450 g/mol. The smallest absolute Gasteiger partial charge is 0.325 e. The number of hydrogen-bond donors (Lipinski definition) is 1. The summed E-state index contributed by atoms with van der Waals surface area (Å²) in [6.07, 6.45) is 13.4. The van der Waals surface area contributed by atoms with Gasteiger partial charge in [0, 0.05) is 76.3 Å². The van der Waals surface area contributed by atoms with Crippen LogP contribution >= 0.6 is 73.6 Å². The van der Waals surface area contributed by atoms with E-state index in [1.165, 1.54) is 38.8 Å². The van der Waals surface area contributed by atoms with Gasteiger partial charge in [-0.1, -0.05) is 199 Å². The summed E-state index contributed by atoms with van der Waals surface area (Å²) in [5.41, 5.74) is 10.8. The summed E-state index contributed by atoms with van der Waals surface area (Å²) in [6, 6.07) is 84.5. The van der Waals surface area contributed by atoms with Crippen LogP contribution in [0.5, 0.6) is 0 Å². The zero-order valence-electron chi connectivity index (χ0n) is 54.7. The number of Topliss-reactive ketones (excluding diaryl/α,β-unsaturated/α-hetero) is 1. The number of anilines is 3. The lowest BCUT2D eigenvalue weighted by molar-refractivity contribution is -0.755. The Hall–Kier alpha value is -9.31. The van der Waals surface area contributed by atoms with Gasteiger partial charge in [-0.3, -0.25) is 47.5 Å². The summed E-state index contributed by atoms with van der Waals surface area (Å²) in [5.74, 6) is 0.273. The molecule has 0 spiro atoms. The first-order chi connectivity index (χ1) is 47.7. The number of carbonyl (C=O) groups excluding carboxylic acids is 2. The van der Waals surface area contributed by atoms with Crippen LogP contribution < -0.4 is 30.7 Å². The molecule has 12 nitrogen and oxygen atoms in total. The number of quaternary nitrogens is 1. The van der Waals surface area contributed by atoms with Gasteiger partial charge in [0.15, 0.2) is 10.7 Å². The Bertz CT molecular complexity index is 5000. The van der Waals surface area contributed by atoms with Crippen molar-refractivity contribution >= 4 is 140 Å². The van der Waals surface area contributed by atoms with Gasteiger partial charge in [0.1, 0.15) is 10.9 Å². The van der Waals surface area contributed by atoms with E-state index < -0.39 is 5.20 Å². The van der Waals surface area contributed by atoms with E-state index in [-0.39, 0.29) is 46.1 Å². The van der Waals surface area contributed by atoms with Crippen molar-refractivity contribution in [1.29, 1.82) is 0 Å². The highest BCUT2D eigenvalue weighted by Crippen LogP contribution is 2.61. The standard InChI is InChI=1S/C24H21ClN2S.C16H15NO2.2C16H13NO.C8H7NOS.Cl3OP/c1-26-21-13-7-8-14-22(21)28-24(26)16-17-15-23(25)27(18-9-3-2-4-10-18)20-12-6-5-11-19(17)20;1-13(18)12-16(19)17(14-8-4-2-5-9-14)15-10-6-3-7-11-15;2*1-12-11-16(18)17(13-7-3-2-4-8-13)15-10-6-5-9-14(12)15;1-9-6-4-2-3-5-7(6)11-8(9)10;1-5(2,3)4/h2-17,19-20H,1H3;2-11H,12H2,1H3;2*2-11H,1H3;2-5H,1H3;/p+1/b24-16+;;;;;. The highest BCUT2D eigenvalue weighted by atomic mass is 36.0. The number of nitrogens with zero attached hydrogens (tertiary/aromatic N) is 5. The molecule has 19 heteroatoms. The van der Waals surface area contributed by atoms with Crippen molar-refractivity contribution in [3.05, 3.63) is 349 Å². The number of ketones is 1. The predicted molar refractivity (Wildman–Crippen MR) is 415 cm³/mol. The number of thioether (sulfide) groups is 1. The molecule has 4 unspecified atom stereocenters. The van der Waals surface area contributed by atoms with E-state index in [1.54, 1.807) is 37.8 Å². The molecule has 1 amide bonds. The number of pyridine rings is 2. The van der Waals surface area contributed by atoms with Crippen LogP contribution in [0.3, 0.4) is 0 Å². The minimum Gasteiger partial charge on any atom is -0.325 e. The fourth-order valence-electron chi connectivity index (χ4n) is 11.8. The Balaban J connectivity index is 0.000000135. The fraction of sp³-hybridized carbons (Fsp3) is 0.113. The first-order valence-electron chi connectivity index (χ1n) is 31.6. The second kappa shape index (κ2) is 34.0. The van der Waals surface area contributed by atoms with Gasteiger partial charge in [0.05, 0.1) is 45.7 Å². The number of halogens is 4. The van der Waals surface area contributed by atoms with Gasteiger partial charge in [0.25, 0.3) is 11.1 Å². The predicted octanol–water partition coefficient (Wildman–Crippen LogP) is 19.4. The Morgan fingerprint density at radius 2 is 0.990 bits per heavy atom. The molecule has 2 aliphatic heterocycles. The highest BCUT2D eigenvalue weighted by Gasteiger charge is 2.38. The molecule has 0 radical (unpaired) electrons. The van der Waals surface area contributed by atoms with Crippen LogP contribution in [-0.2, 0) is 21.2 Å². The fourth-order valence-corrected chi connectivity index (χ4v) is 14.3. The van der Waals surface area contributed by atoms with Crippen molar-refractivity contribution in [1.82, 2.24) is 13.7 Å². The maximum Gasteiger partial charge on any atom is 0.339 e. The van der Waals surface area contributed by atoms with Gasteiger partial charge < -0.3 is 9.47 Å². The Morgan fingerprint density at radius 1 is 0.566 bits per heavy atom. The van der Waals surface area contributed by atoms with E-state index in [0.717, 1.165) is 76.7 Å². The molecule has 1 aliphatic carbocycles. The highest BCUT2D eigenvalue weighted by molar-refractivity contribution is 8.24. The molecule has 3 aromatic heterocycles. The van der Waals surface area contributed by atoms with Crippen LogP contribution in [0.25, 0.3) is 43.4 Å². The zero-order valence-corrected chi connectivity index (χ0v) is 60.2. The molecule has 0 fully saturated rings. The molecule has 0 saturated carbocycles. The van der Waals surface area contributed by atoms with Gasteiger partial charge >= 0.3 is 10.1 Å². The number of para-hydroxylation sites is 9. The second-order valence-electron chi connectivity index (χ2n) is 23.1. The maximum absolute atomic E-state index is 12.3. The minimum absolute atomic E-state index is 0.0115. The molecule has 5 heterocycles. The van der Waals surface area contributed by atoms with E-state index in [2.05, 4.69) is 131 Å². The average Bonchev–Trinajstić information content (AvgIpc) is 0.912. The van der Waals surface area contributed by atoms with Gasteiger partial charge in [-0.05, 0) is 181 Å². The quantitative estimate of drug-likeness (QED) is 0.0905. The number of allylic oxidation sites excluding steroid dienone is 4. The number of rotatable bonds is 8. The van der Waals surface area contributed by atoms with Crippen LogP contribution in [0.15, 0.2) is 327 Å². The molecule has 0 bridgehead atoms. The number of benzene rings is 9. The first kappa shape index (κ1) is 72.4. The molecule has 12 aromatic rings. The van der Waals surface area contributed by atoms with E-state index in [0.29, 0.717) is 5.92 Å². The van der Waals surface area contributed by atoms with Crippen molar-refractivity contribution in [2.24, 2.45) is 18.9 Å². The molecule has 4 atom stereocenters. The van der Waals surface area contributed by atoms with E-state index in [1.807, 2.05) is 226 Å². The molecule has 99 heavy (non-hydrogen) atoms. The molecule has 15 rings (SSSR count). The third-order valence-electron chi connectivity index (χ3n) is 16.4. The van der Waals surface area contributed by atoms with Crippen LogP contribution in [0.4, 0.5) is 22.7 Å². The number of aryl methyl sites for hydroxylation is 3. The topological polar surface area (TPSA) is 128 Å². The normalized spacial score (nSPS) is 15.9. The number of aromatic nitrogens is 3. The van der Waals surface area contributed by atoms with Crippen LogP contribution in [0, 0.1) is 25.7 Å². The van der Waals surface area contributed by atoms with E-state index in [9.17, 15) is 28.5 Å². The lowest BCUT2D eigenvalue weighted by Gasteiger charge is -2.42. The summed E-state index contributed by atoms with van der Waals surface area (Å²) in [6.45, 7) is 5.37. The molecular formula is C80H70Cl4N6O6PS2+. The van der Waals surface area contributed by atoms with Crippen molar-refractivity contribution < 1.29 is 19.1 Å². The largest absolute Gasteiger partial charge is 0.339 e. The van der Waals surface area contributed by atoms with E-state index in [4.69, 9.17) is 11.6 Å². The second-order valence-corrected chi connectivity index (χ2v) is 32.2. The SMILES string of the molecule is CC(=O)CC(=O)N(c1ccccc1)c1ccccc1.C[NH+]1/C(=C\C2C=C(Cl)N(c3ccccc3)C3C=CC=CC23)Sc2ccccc21.Cc1cc(=O)n(-c2ccccc2)c2ccccc12.Cc1cc(=O)n(-c2ccccc2)c2ccccc12.Cn1c(=O)sc2ccccc21.O=P(Cl)(Cl)Cl. The Morgan fingerprint density at radius 3 is 1.47 bits per heavy atom. The first-order valence-corrected chi connectivity index (χ1v) is 38.1. The lowest BCUT2D eigenvalue weighted by atomic mass is 9.80. The van der Waals surface area contributed by atoms with Crippen molar-refractivity contribution in [2.75, 3.05) is 16.8 Å². The van der Waals surface area contributed by atoms with Gasteiger partial charge in [-0.2, -0.15) is 0 Å². The summed E-state index contributed by atoms with van der Waals surface area (Å²) in [5, 5.41) is 1.15. The molecular weight excluding hydrogens is 1380 g/mol. The number of carbonyl (C=O) groups is 2. The molecule has 3 aliphatic rings. The summed E-state index contributed by atoms with van der Waals surface area (Å²) in [7, 11) is 4.02. The molecule has 1 N–H and O–H groups in total. The van der Waals surface area contributed by atoms with Crippen LogP contribution in [0.1, 0.15) is 24.5 Å². The van der Waals surface area contributed by atoms with Crippen molar-refractivity contribution in [3.8, 4) is 11.4 Å². The molecule has 0 saturated heterocycles. The summed E-state index contributed by atoms with van der Waals surface area (Å²) in [4.78, 5) is 65.6. The average molecular weight is 1450 g/mol. The number of hydrogen-bond acceptors (Lipinski definition) is 9. The van der Waals surface area contributed by atoms with Crippen molar-refractivity contribution in [3.63, 3.8) is 0 Å². The molecule has 500 valence electrons. The number of amides is 1. The number of fused-ring (bicyclic) bond motifs is 5. The van der Waals surface area contributed by atoms with Crippen LogP contribution in [-0.4, -0.2) is 38.5 Å². The van der Waals surface area contributed by atoms with Gasteiger partial charge in [0.2, 0.25) is 5.91 Å². The van der Waals surface area contributed by atoms with E-state index >= 15 is 0 Å². The zero-order chi connectivity index (χ0) is 70.2. The third-order valence-corrected chi connectivity index (χ3v) is 18.9. The molecule has 9 aromatic carbocycles. The summed E-state index contributed by atoms with van der Waals surface area (Å²) < 4.78 is 15.7. The third kappa shape index (κ3) is 18.5. The summed E-state index contributed by atoms with van der Waals surface area (Å²) >= 11 is 23.8. The Labute approximate surface area is 602 Å². The minimum atomic E-state index is -3.22. The number of nitrogens with one attached hydrogen (secondary N) is 1. The van der Waals surface area contributed by atoms with Gasteiger partial charge in [-0.15, -0.1) is 0 Å². The van der Waals surface area contributed by atoms with Gasteiger partial charge in [-0.25, -0.2) is 0 Å². The van der Waals surface area contributed by atoms with Crippen molar-refractivity contribution in [2.45, 2.75) is 38.1 Å². The van der Waals surface area contributed by atoms with Crippen LogP contribution in [0.2, 0.25) is 0 Å².